The first-order valence-electron chi connectivity index (χ1n) is 9.28. The fourth-order valence-corrected chi connectivity index (χ4v) is 4.84. The summed E-state index contributed by atoms with van der Waals surface area (Å²) in [5.41, 5.74) is 4.49. The molecule has 3 rings (SSSR count). The zero-order chi connectivity index (χ0) is 21.2. The molecule has 0 unspecified atom stereocenters. The lowest BCUT2D eigenvalue weighted by Gasteiger charge is -2.35. The molecule has 0 bridgehead atoms. The quantitative estimate of drug-likeness (QED) is 0.716. The smallest absolute Gasteiger partial charge is 0.371 e. The van der Waals surface area contributed by atoms with E-state index in [4.69, 9.17) is 10.9 Å². The van der Waals surface area contributed by atoms with Gasteiger partial charge in [0.05, 0.1) is 11.3 Å². The molecular weight excluding hydrogens is 409 g/mol. The second kappa shape index (κ2) is 8.36. The van der Waals surface area contributed by atoms with Crippen molar-refractivity contribution >= 4 is 21.4 Å². The van der Waals surface area contributed by atoms with Crippen molar-refractivity contribution in [2.24, 2.45) is 32.2 Å². The fourth-order valence-electron chi connectivity index (χ4n) is 3.85. The molecule has 1 aromatic carbocycles. The molecule has 12 heteroatoms. The summed E-state index contributed by atoms with van der Waals surface area (Å²) in [4.78, 5) is 0.906. The standard InChI is InChI=1S/C17H23F3N6O2S/c18-17(19,20)12-3-4-14(26-8-5-11(6-9-26)2-1-7-21)15(13-10-23-25-24-13)16(12)29(22,27)28/h3-4,11H,1-2,5-10,21H2,(H2,22,27,28). The van der Waals surface area contributed by atoms with E-state index in [-0.39, 0.29) is 17.8 Å². The van der Waals surface area contributed by atoms with Crippen molar-refractivity contribution in [3.05, 3.63) is 23.3 Å². The van der Waals surface area contributed by atoms with Gasteiger partial charge in [0, 0.05) is 24.3 Å². The Bertz CT molecular complexity index is 922. The number of halogens is 3. The van der Waals surface area contributed by atoms with Crippen molar-refractivity contribution in [2.45, 2.75) is 36.8 Å². The second-order valence-electron chi connectivity index (χ2n) is 7.18. The normalized spacial score (nSPS) is 18.4. The molecule has 0 atom stereocenters. The number of hydrogen-bond acceptors (Lipinski definition) is 7. The molecule has 4 N–H and O–H groups in total. The molecule has 0 amide bonds. The molecule has 1 saturated heterocycles. The monoisotopic (exact) mass is 432 g/mol. The highest BCUT2D eigenvalue weighted by atomic mass is 32.2. The molecule has 0 aromatic heterocycles. The van der Waals surface area contributed by atoms with Gasteiger partial charge in [-0.2, -0.15) is 18.3 Å². The van der Waals surface area contributed by atoms with Crippen LogP contribution < -0.4 is 15.8 Å². The third-order valence-corrected chi connectivity index (χ3v) is 6.23. The Morgan fingerprint density at radius 3 is 2.41 bits per heavy atom. The molecule has 2 aliphatic heterocycles. The summed E-state index contributed by atoms with van der Waals surface area (Å²) in [7, 11) is -4.69. The highest BCUT2D eigenvalue weighted by Crippen LogP contribution is 2.40. The SMILES string of the molecule is NCCCC1CCN(c2ccc(C(F)(F)F)c(S(N)(=O)=O)c2C2=NN=NC2)CC1. The van der Waals surface area contributed by atoms with Crippen LogP contribution in [0.2, 0.25) is 0 Å². The Balaban J connectivity index is 2.07. The van der Waals surface area contributed by atoms with Gasteiger partial charge in [-0.1, -0.05) is 0 Å². The third kappa shape index (κ3) is 4.75. The molecule has 2 aliphatic rings. The van der Waals surface area contributed by atoms with E-state index in [0.29, 0.717) is 31.2 Å². The number of primary sulfonamides is 1. The van der Waals surface area contributed by atoms with Gasteiger partial charge < -0.3 is 10.6 Å². The minimum atomic E-state index is -4.89. The minimum absolute atomic E-state index is 0.0559. The van der Waals surface area contributed by atoms with E-state index in [1.807, 2.05) is 4.90 Å². The molecule has 0 aliphatic carbocycles. The van der Waals surface area contributed by atoms with Crippen LogP contribution in [0.4, 0.5) is 18.9 Å². The zero-order valence-electron chi connectivity index (χ0n) is 15.7. The van der Waals surface area contributed by atoms with E-state index >= 15 is 0 Å². The van der Waals surface area contributed by atoms with E-state index in [1.54, 1.807) is 0 Å². The maximum Gasteiger partial charge on any atom is 0.417 e. The van der Waals surface area contributed by atoms with Gasteiger partial charge >= 0.3 is 6.18 Å². The molecule has 0 radical (unpaired) electrons. The van der Waals surface area contributed by atoms with Crippen LogP contribution in [-0.4, -0.2) is 40.3 Å². The number of benzene rings is 1. The number of sulfonamides is 1. The predicted octanol–water partition coefficient (Wildman–Crippen LogP) is 2.48. The summed E-state index contributed by atoms with van der Waals surface area (Å²) in [6.45, 7) is 1.68. The Labute approximate surface area is 166 Å². The zero-order valence-corrected chi connectivity index (χ0v) is 16.5. The maximum atomic E-state index is 13.6. The lowest BCUT2D eigenvalue weighted by molar-refractivity contribution is -0.139. The van der Waals surface area contributed by atoms with Crippen LogP contribution in [-0.2, 0) is 16.2 Å². The van der Waals surface area contributed by atoms with Gasteiger partial charge in [-0.15, -0.1) is 5.10 Å². The van der Waals surface area contributed by atoms with Crippen LogP contribution in [0.3, 0.4) is 0 Å². The first-order chi connectivity index (χ1) is 13.6. The Morgan fingerprint density at radius 2 is 1.90 bits per heavy atom. The first-order valence-corrected chi connectivity index (χ1v) is 10.8. The molecule has 160 valence electrons. The summed E-state index contributed by atoms with van der Waals surface area (Å²) in [5.74, 6) is 0.485. The van der Waals surface area contributed by atoms with E-state index in [2.05, 4.69) is 15.4 Å². The molecule has 1 fully saturated rings. The summed E-state index contributed by atoms with van der Waals surface area (Å²) < 4.78 is 65.1. The molecule has 0 spiro atoms. The van der Waals surface area contributed by atoms with E-state index in [1.165, 1.54) is 6.07 Å². The van der Waals surface area contributed by atoms with Crippen molar-refractivity contribution < 1.29 is 21.6 Å². The third-order valence-electron chi connectivity index (χ3n) is 5.24. The highest BCUT2D eigenvalue weighted by molar-refractivity contribution is 7.89. The van der Waals surface area contributed by atoms with E-state index < -0.39 is 26.7 Å². The van der Waals surface area contributed by atoms with Gasteiger partial charge in [0.15, 0.2) is 0 Å². The molecular formula is C17H23F3N6O2S. The molecule has 1 aromatic rings. The number of nitrogens with two attached hydrogens (primary N) is 2. The lowest BCUT2D eigenvalue weighted by Crippen LogP contribution is -2.36. The fraction of sp³-hybridized carbons (Fsp3) is 0.588. The number of alkyl halides is 3. The van der Waals surface area contributed by atoms with Crippen LogP contribution in [0, 0.1) is 5.92 Å². The second-order valence-corrected chi connectivity index (χ2v) is 8.67. The predicted molar refractivity (Wildman–Crippen MR) is 102 cm³/mol. The average Bonchev–Trinajstić information content (AvgIpc) is 3.18. The summed E-state index contributed by atoms with van der Waals surface area (Å²) in [5, 5.41) is 16.1. The summed E-state index contributed by atoms with van der Waals surface area (Å²) in [6, 6.07) is 2.05. The number of hydrogen-bond donors (Lipinski definition) is 2. The van der Waals surface area contributed by atoms with Gasteiger partial charge in [-0.3, -0.25) is 0 Å². The van der Waals surface area contributed by atoms with Crippen molar-refractivity contribution in [3.63, 3.8) is 0 Å². The molecule has 29 heavy (non-hydrogen) atoms. The average molecular weight is 432 g/mol. The van der Waals surface area contributed by atoms with Crippen LogP contribution in [0.15, 0.2) is 32.5 Å². The first kappa shape index (κ1) is 21.7. The van der Waals surface area contributed by atoms with Gasteiger partial charge in [-0.05, 0) is 55.5 Å². The summed E-state index contributed by atoms with van der Waals surface area (Å²) >= 11 is 0. The van der Waals surface area contributed by atoms with Crippen molar-refractivity contribution in [1.29, 1.82) is 0 Å². The van der Waals surface area contributed by atoms with E-state index in [0.717, 1.165) is 31.7 Å². The van der Waals surface area contributed by atoms with E-state index in [9.17, 15) is 21.6 Å². The van der Waals surface area contributed by atoms with Gasteiger partial charge in [-0.25, -0.2) is 13.6 Å². The number of rotatable bonds is 6. The van der Waals surface area contributed by atoms with Crippen LogP contribution in [0.5, 0.6) is 0 Å². The van der Waals surface area contributed by atoms with Crippen LogP contribution >= 0.6 is 0 Å². The topological polar surface area (TPSA) is 126 Å². The van der Waals surface area contributed by atoms with Crippen molar-refractivity contribution in [2.75, 3.05) is 31.1 Å². The summed E-state index contributed by atoms with van der Waals surface area (Å²) in [6.07, 6.45) is -1.29. The van der Waals surface area contributed by atoms with Gasteiger partial charge in [0.25, 0.3) is 0 Å². The number of piperidine rings is 1. The van der Waals surface area contributed by atoms with Crippen molar-refractivity contribution in [3.8, 4) is 0 Å². The van der Waals surface area contributed by atoms with Crippen molar-refractivity contribution in [1.82, 2.24) is 0 Å². The number of nitrogens with zero attached hydrogens (tertiary/aromatic N) is 4. The Kier molecular flexibility index (Phi) is 6.24. The maximum absolute atomic E-state index is 13.6. The highest BCUT2D eigenvalue weighted by Gasteiger charge is 2.40. The largest absolute Gasteiger partial charge is 0.417 e. The minimum Gasteiger partial charge on any atom is -0.371 e. The lowest BCUT2D eigenvalue weighted by atomic mass is 9.91. The molecule has 2 heterocycles. The van der Waals surface area contributed by atoms with Gasteiger partial charge in [0.2, 0.25) is 10.0 Å². The Morgan fingerprint density at radius 1 is 1.21 bits per heavy atom. The molecule has 0 saturated carbocycles. The van der Waals surface area contributed by atoms with Crippen LogP contribution in [0.25, 0.3) is 0 Å². The Hall–Kier alpha value is -2.05. The van der Waals surface area contributed by atoms with Crippen LogP contribution in [0.1, 0.15) is 36.8 Å². The number of anilines is 1. The molecule has 8 nitrogen and oxygen atoms in total. The van der Waals surface area contributed by atoms with Gasteiger partial charge in [0.1, 0.15) is 11.4 Å².